The van der Waals surface area contributed by atoms with Gasteiger partial charge in [-0.2, -0.15) is 0 Å². The highest BCUT2D eigenvalue weighted by atomic mass is 35.5. The second-order valence-electron chi connectivity index (χ2n) is 3.41. The molecule has 0 amide bonds. The molecule has 16 heavy (non-hydrogen) atoms. The Morgan fingerprint density at radius 2 is 1.94 bits per heavy atom. The minimum absolute atomic E-state index is 0. The monoisotopic (exact) mass is 265 g/mol. The van der Waals surface area contributed by atoms with Crippen molar-refractivity contribution in [3.8, 4) is 11.5 Å². The lowest BCUT2D eigenvalue weighted by Crippen LogP contribution is -2.17. The van der Waals surface area contributed by atoms with Crippen LogP contribution in [0.15, 0.2) is 12.1 Å². The average Bonchev–Trinajstić information content (AvgIpc) is 2.24. The Kier molecular flexibility index (Phi) is 7.30. The van der Waals surface area contributed by atoms with Crippen LogP contribution in [0.3, 0.4) is 0 Å². The van der Waals surface area contributed by atoms with Crippen LogP contribution in [0.25, 0.3) is 0 Å². The van der Waals surface area contributed by atoms with E-state index in [1.165, 1.54) is 6.07 Å². The molecule has 0 saturated carbocycles. The van der Waals surface area contributed by atoms with Crippen LogP contribution >= 0.6 is 24.0 Å². The van der Waals surface area contributed by atoms with Crippen molar-refractivity contribution in [3.63, 3.8) is 0 Å². The molecule has 0 fully saturated rings. The average molecular weight is 266 g/mol. The first-order chi connectivity index (χ1) is 7.16. The van der Waals surface area contributed by atoms with Crippen LogP contribution < -0.4 is 5.32 Å². The first-order valence-corrected chi connectivity index (χ1v) is 5.44. The summed E-state index contributed by atoms with van der Waals surface area (Å²) >= 11 is 5.87. The van der Waals surface area contributed by atoms with Crippen molar-refractivity contribution in [2.45, 2.75) is 19.8 Å². The van der Waals surface area contributed by atoms with E-state index in [1.807, 2.05) is 0 Å². The van der Waals surface area contributed by atoms with Gasteiger partial charge in [-0.25, -0.2) is 0 Å². The number of nitrogens with one attached hydrogen (secondary N) is 1. The second kappa shape index (κ2) is 7.60. The minimum Gasteiger partial charge on any atom is -0.504 e. The van der Waals surface area contributed by atoms with Gasteiger partial charge in [-0.3, -0.25) is 0 Å². The molecule has 0 aliphatic rings. The van der Waals surface area contributed by atoms with E-state index in [1.54, 1.807) is 6.07 Å². The molecule has 0 saturated heterocycles. The van der Waals surface area contributed by atoms with Crippen LogP contribution in [0.5, 0.6) is 11.5 Å². The zero-order valence-electron chi connectivity index (χ0n) is 9.16. The van der Waals surface area contributed by atoms with Crippen molar-refractivity contribution in [1.82, 2.24) is 5.32 Å². The van der Waals surface area contributed by atoms with Gasteiger partial charge in [0.1, 0.15) is 0 Å². The Balaban J connectivity index is 0.00000225. The van der Waals surface area contributed by atoms with E-state index in [0.29, 0.717) is 0 Å². The van der Waals surface area contributed by atoms with Crippen molar-refractivity contribution < 1.29 is 10.2 Å². The molecule has 0 radical (unpaired) electrons. The Morgan fingerprint density at radius 1 is 1.25 bits per heavy atom. The Labute approximate surface area is 107 Å². The van der Waals surface area contributed by atoms with E-state index < -0.39 is 0 Å². The van der Waals surface area contributed by atoms with Gasteiger partial charge in [-0.15, -0.1) is 12.4 Å². The number of hydrogen-bond acceptors (Lipinski definition) is 3. The summed E-state index contributed by atoms with van der Waals surface area (Å²) in [4.78, 5) is 0. The quantitative estimate of drug-likeness (QED) is 0.567. The molecule has 1 aromatic rings. The number of aromatic hydroxyl groups is 2. The van der Waals surface area contributed by atoms with Gasteiger partial charge >= 0.3 is 0 Å². The van der Waals surface area contributed by atoms with Crippen LogP contribution in [-0.4, -0.2) is 23.3 Å². The molecule has 0 aliphatic heterocycles. The highest BCUT2D eigenvalue weighted by molar-refractivity contribution is 6.33. The standard InChI is InChI=1S/C11H16ClNO2.ClH/c1-2-6-13-7-5-8-3-4-9(14)11(15)10(8)12;/h3-4,13-15H,2,5-7H2,1H3;1H. The number of phenols is 2. The normalized spacial score (nSPS) is 9.88. The van der Waals surface area contributed by atoms with E-state index in [4.69, 9.17) is 11.6 Å². The molecule has 1 aromatic carbocycles. The van der Waals surface area contributed by atoms with Crippen molar-refractivity contribution in [2.75, 3.05) is 13.1 Å². The van der Waals surface area contributed by atoms with E-state index >= 15 is 0 Å². The summed E-state index contributed by atoms with van der Waals surface area (Å²) in [5.74, 6) is -0.407. The van der Waals surface area contributed by atoms with Gasteiger partial charge in [0.05, 0.1) is 5.02 Å². The highest BCUT2D eigenvalue weighted by Gasteiger charge is 2.09. The zero-order valence-corrected chi connectivity index (χ0v) is 10.7. The molecule has 3 nitrogen and oxygen atoms in total. The Bertz CT molecular complexity index is 332. The van der Waals surface area contributed by atoms with Crippen molar-refractivity contribution in [2.24, 2.45) is 0 Å². The van der Waals surface area contributed by atoms with Gasteiger partial charge in [-0.05, 0) is 37.6 Å². The molecule has 0 atom stereocenters. The maximum atomic E-state index is 9.39. The summed E-state index contributed by atoms with van der Waals surface area (Å²) in [7, 11) is 0. The van der Waals surface area contributed by atoms with Crippen molar-refractivity contribution in [3.05, 3.63) is 22.7 Å². The maximum absolute atomic E-state index is 9.39. The lowest BCUT2D eigenvalue weighted by atomic mass is 10.1. The smallest absolute Gasteiger partial charge is 0.176 e. The number of phenolic OH excluding ortho intramolecular Hbond substituents is 2. The number of benzene rings is 1. The molecular formula is C11H17Cl2NO2. The van der Waals surface area contributed by atoms with Gasteiger partial charge in [-0.1, -0.05) is 24.6 Å². The first kappa shape index (κ1) is 15.4. The molecule has 0 heterocycles. The molecule has 3 N–H and O–H groups in total. The van der Waals surface area contributed by atoms with Crippen molar-refractivity contribution >= 4 is 24.0 Å². The molecule has 0 unspecified atom stereocenters. The minimum atomic E-state index is -0.232. The summed E-state index contributed by atoms with van der Waals surface area (Å²) in [6.07, 6.45) is 1.83. The highest BCUT2D eigenvalue weighted by Crippen LogP contribution is 2.35. The fourth-order valence-electron chi connectivity index (χ4n) is 1.31. The lowest BCUT2D eigenvalue weighted by molar-refractivity contribution is 0.403. The van der Waals surface area contributed by atoms with Gasteiger partial charge in [0.2, 0.25) is 0 Å². The van der Waals surface area contributed by atoms with Gasteiger partial charge in [0, 0.05) is 0 Å². The Hall–Kier alpha value is -0.640. The summed E-state index contributed by atoms with van der Waals surface area (Å²) in [6, 6.07) is 3.18. The first-order valence-electron chi connectivity index (χ1n) is 5.06. The summed E-state index contributed by atoms with van der Waals surface area (Å²) in [6.45, 7) is 3.89. The Morgan fingerprint density at radius 3 is 2.56 bits per heavy atom. The largest absolute Gasteiger partial charge is 0.504 e. The second-order valence-corrected chi connectivity index (χ2v) is 3.78. The molecule has 92 valence electrons. The van der Waals surface area contributed by atoms with Crippen molar-refractivity contribution in [1.29, 1.82) is 0 Å². The van der Waals surface area contributed by atoms with E-state index in [-0.39, 0.29) is 28.9 Å². The molecule has 0 spiro atoms. The van der Waals surface area contributed by atoms with E-state index in [2.05, 4.69) is 12.2 Å². The SMILES string of the molecule is CCCNCCc1ccc(O)c(O)c1Cl.Cl. The number of rotatable bonds is 5. The zero-order chi connectivity index (χ0) is 11.3. The third-order valence-corrected chi connectivity index (χ3v) is 2.59. The summed E-state index contributed by atoms with van der Waals surface area (Å²) < 4.78 is 0. The van der Waals surface area contributed by atoms with Crippen LogP contribution in [0.2, 0.25) is 5.02 Å². The molecule has 1 rings (SSSR count). The topological polar surface area (TPSA) is 52.5 Å². The van der Waals surface area contributed by atoms with Crippen LogP contribution in [0.1, 0.15) is 18.9 Å². The fourth-order valence-corrected chi connectivity index (χ4v) is 1.57. The van der Waals surface area contributed by atoms with Crippen LogP contribution in [0.4, 0.5) is 0 Å². The van der Waals surface area contributed by atoms with Crippen LogP contribution in [-0.2, 0) is 6.42 Å². The van der Waals surface area contributed by atoms with Gasteiger partial charge in [0.25, 0.3) is 0 Å². The van der Waals surface area contributed by atoms with E-state index in [0.717, 1.165) is 31.5 Å². The number of halogens is 2. The predicted octanol–water partition coefficient (Wildman–Crippen LogP) is 2.72. The summed E-state index contributed by atoms with van der Waals surface area (Å²) in [5.41, 5.74) is 0.843. The van der Waals surface area contributed by atoms with Gasteiger partial charge < -0.3 is 15.5 Å². The third-order valence-electron chi connectivity index (χ3n) is 2.17. The molecule has 0 bridgehead atoms. The fraction of sp³-hybridized carbons (Fsp3) is 0.455. The molecule has 0 aliphatic carbocycles. The van der Waals surface area contributed by atoms with E-state index in [9.17, 15) is 10.2 Å². The predicted molar refractivity (Wildman–Crippen MR) is 68.9 cm³/mol. The molecule has 5 heteroatoms. The lowest BCUT2D eigenvalue weighted by Gasteiger charge is -2.07. The van der Waals surface area contributed by atoms with Crippen LogP contribution in [0, 0.1) is 0 Å². The maximum Gasteiger partial charge on any atom is 0.176 e. The molecular weight excluding hydrogens is 249 g/mol. The third kappa shape index (κ3) is 4.08. The number of hydrogen-bond donors (Lipinski definition) is 3. The summed E-state index contributed by atoms with van der Waals surface area (Å²) in [5, 5.41) is 22.1. The van der Waals surface area contributed by atoms with Gasteiger partial charge in [0.15, 0.2) is 11.5 Å². The molecule has 0 aromatic heterocycles.